The van der Waals surface area contributed by atoms with Crippen LogP contribution in [0.15, 0.2) is 18.2 Å². The van der Waals surface area contributed by atoms with Crippen LogP contribution in [-0.2, 0) is 4.74 Å². The van der Waals surface area contributed by atoms with Gasteiger partial charge >= 0.3 is 6.09 Å². The third-order valence-corrected chi connectivity index (χ3v) is 3.03. The van der Waals surface area contributed by atoms with Crippen molar-refractivity contribution in [2.24, 2.45) is 5.73 Å². The van der Waals surface area contributed by atoms with Crippen molar-refractivity contribution in [3.05, 3.63) is 23.8 Å². The van der Waals surface area contributed by atoms with Crippen LogP contribution < -0.4 is 15.8 Å². The van der Waals surface area contributed by atoms with Gasteiger partial charge < -0.3 is 15.2 Å². The topological polar surface area (TPSA) is 73.6 Å². The van der Waals surface area contributed by atoms with Gasteiger partial charge in [-0.3, -0.25) is 5.32 Å². The number of hydrogen-bond donors (Lipinski definition) is 2. The number of nitrogens with two attached hydrogens (primary N) is 1. The fourth-order valence-corrected chi connectivity index (χ4v) is 2.02. The Morgan fingerprint density at radius 3 is 2.57 bits per heavy atom. The van der Waals surface area contributed by atoms with E-state index in [2.05, 4.69) is 12.2 Å². The molecule has 0 aliphatic carbocycles. The molecule has 1 aromatic rings. The van der Waals surface area contributed by atoms with Crippen molar-refractivity contribution in [3.8, 4) is 5.75 Å². The van der Waals surface area contributed by atoms with Crippen molar-refractivity contribution in [2.75, 3.05) is 19.0 Å². The maximum Gasteiger partial charge on any atom is 0.412 e. The largest absolute Gasteiger partial charge is 0.497 e. The predicted octanol–water partition coefficient (Wildman–Crippen LogP) is 3.49. The molecule has 0 bridgehead atoms. The minimum atomic E-state index is -0.536. The van der Waals surface area contributed by atoms with E-state index in [0.29, 0.717) is 18.0 Å². The van der Waals surface area contributed by atoms with Crippen molar-refractivity contribution < 1.29 is 14.3 Å². The lowest BCUT2D eigenvalue weighted by atomic mass is 9.96. The number of hydrogen-bond acceptors (Lipinski definition) is 4. The summed E-state index contributed by atoms with van der Waals surface area (Å²) in [5.74, 6) is 0.926. The highest BCUT2D eigenvalue weighted by molar-refractivity contribution is 5.86. The zero-order valence-corrected chi connectivity index (χ0v) is 13.5. The van der Waals surface area contributed by atoms with E-state index < -0.39 is 11.7 Å². The van der Waals surface area contributed by atoms with Crippen molar-refractivity contribution in [2.45, 2.75) is 45.6 Å². The van der Waals surface area contributed by atoms with Crippen LogP contribution in [-0.4, -0.2) is 25.3 Å². The highest BCUT2D eigenvalue weighted by Crippen LogP contribution is 2.30. The molecule has 1 rings (SSSR count). The van der Waals surface area contributed by atoms with Gasteiger partial charge in [0.15, 0.2) is 0 Å². The Morgan fingerprint density at radius 1 is 1.38 bits per heavy atom. The predicted molar refractivity (Wildman–Crippen MR) is 84.9 cm³/mol. The molecule has 0 saturated carbocycles. The molecule has 0 fully saturated rings. The van der Waals surface area contributed by atoms with E-state index >= 15 is 0 Å². The Bertz CT molecular complexity index is 481. The molecular weight excluding hydrogens is 268 g/mol. The highest BCUT2D eigenvalue weighted by Gasteiger charge is 2.19. The molecule has 1 atom stereocenters. The van der Waals surface area contributed by atoms with E-state index in [4.69, 9.17) is 15.2 Å². The Balaban J connectivity index is 2.98. The number of ether oxygens (including phenoxy) is 2. The molecule has 5 heteroatoms. The van der Waals surface area contributed by atoms with Gasteiger partial charge in [-0.15, -0.1) is 0 Å². The van der Waals surface area contributed by atoms with Gasteiger partial charge in [-0.1, -0.05) is 13.0 Å². The summed E-state index contributed by atoms with van der Waals surface area (Å²) in [6.45, 7) is 8.16. The average Bonchev–Trinajstić information content (AvgIpc) is 2.36. The molecule has 0 aliphatic rings. The minimum Gasteiger partial charge on any atom is -0.497 e. The second-order valence-electron chi connectivity index (χ2n) is 6.06. The molecule has 0 spiro atoms. The quantitative estimate of drug-likeness (QED) is 0.871. The number of benzene rings is 1. The molecule has 0 heterocycles. The molecule has 0 saturated heterocycles. The number of amides is 1. The van der Waals surface area contributed by atoms with Crippen LogP contribution in [0, 0.1) is 0 Å². The number of anilines is 1. The van der Waals surface area contributed by atoms with Crippen LogP contribution in [0.3, 0.4) is 0 Å². The number of methoxy groups -OCH3 is 1. The lowest BCUT2D eigenvalue weighted by molar-refractivity contribution is 0.0636. The summed E-state index contributed by atoms with van der Waals surface area (Å²) < 4.78 is 10.5. The van der Waals surface area contributed by atoms with Gasteiger partial charge in [0, 0.05) is 6.07 Å². The average molecular weight is 294 g/mol. The first-order chi connectivity index (χ1) is 9.76. The molecule has 0 aliphatic heterocycles. The zero-order valence-electron chi connectivity index (χ0n) is 13.5. The number of carbonyl (C=O) groups excluding carboxylic acids is 1. The van der Waals surface area contributed by atoms with E-state index in [1.165, 1.54) is 0 Å². The van der Waals surface area contributed by atoms with Gasteiger partial charge in [-0.05, 0) is 51.3 Å². The normalized spacial score (nSPS) is 12.7. The van der Waals surface area contributed by atoms with E-state index in [-0.39, 0.29) is 5.92 Å². The first-order valence-electron chi connectivity index (χ1n) is 7.15. The lowest BCUT2D eigenvalue weighted by Gasteiger charge is -2.22. The second-order valence-corrected chi connectivity index (χ2v) is 6.06. The van der Waals surface area contributed by atoms with Crippen LogP contribution in [0.2, 0.25) is 0 Å². The Morgan fingerprint density at radius 2 is 2.05 bits per heavy atom. The molecule has 3 N–H and O–H groups in total. The van der Waals surface area contributed by atoms with Crippen LogP contribution in [0.5, 0.6) is 5.75 Å². The lowest BCUT2D eigenvalue weighted by Crippen LogP contribution is -2.27. The van der Waals surface area contributed by atoms with Crippen molar-refractivity contribution >= 4 is 11.8 Å². The molecule has 1 unspecified atom stereocenters. The summed E-state index contributed by atoms with van der Waals surface area (Å²) >= 11 is 0. The second kappa shape index (κ2) is 7.31. The highest BCUT2D eigenvalue weighted by atomic mass is 16.6. The Hall–Kier alpha value is -1.75. The van der Waals surface area contributed by atoms with Gasteiger partial charge in [0.25, 0.3) is 0 Å². The maximum atomic E-state index is 12.0. The Labute approximate surface area is 126 Å². The summed E-state index contributed by atoms with van der Waals surface area (Å²) in [6.07, 6.45) is 0.368. The van der Waals surface area contributed by atoms with Crippen LogP contribution in [0.4, 0.5) is 10.5 Å². The van der Waals surface area contributed by atoms with E-state index in [0.717, 1.165) is 12.0 Å². The zero-order chi connectivity index (χ0) is 16.0. The van der Waals surface area contributed by atoms with Gasteiger partial charge in [-0.25, -0.2) is 4.79 Å². The summed E-state index contributed by atoms with van der Waals surface area (Å²) in [5, 5.41) is 2.80. The first kappa shape index (κ1) is 17.3. The number of carbonyl (C=O) groups is 1. The molecule has 0 aromatic heterocycles. The van der Waals surface area contributed by atoms with E-state index in [1.807, 2.05) is 32.9 Å². The fourth-order valence-electron chi connectivity index (χ4n) is 2.02. The smallest absolute Gasteiger partial charge is 0.412 e. The third kappa shape index (κ3) is 5.63. The van der Waals surface area contributed by atoms with Crippen molar-refractivity contribution in [3.63, 3.8) is 0 Å². The summed E-state index contributed by atoms with van der Waals surface area (Å²) in [6, 6.07) is 5.63. The summed E-state index contributed by atoms with van der Waals surface area (Å²) in [4.78, 5) is 12.0. The molecule has 1 aromatic carbocycles. The number of rotatable bonds is 5. The Kier molecular flexibility index (Phi) is 6.03. The van der Waals surface area contributed by atoms with Gasteiger partial charge in [0.2, 0.25) is 0 Å². The van der Waals surface area contributed by atoms with Crippen LogP contribution in [0.1, 0.15) is 45.6 Å². The van der Waals surface area contributed by atoms with Gasteiger partial charge in [0.1, 0.15) is 11.4 Å². The molecule has 1 amide bonds. The monoisotopic (exact) mass is 294 g/mol. The van der Waals surface area contributed by atoms with Gasteiger partial charge in [-0.2, -0.15) is 0 Å². The third-order valence-electron chi connectivity index (χ3n) is 3.03. The maximum absolute atomic E-state index is 12.0. The molecule has 5 nitrogen and oxygen atoms in total. The summed E-state index contributed by atoms with van der Waals surface area (Å²) in [7, 11) is 1.59. The van der Waals surface area contributed by atoms with Crippen molar-refractivity contribution in [1.82, 2.24) is 0 Å². The van der Waals surface area contributed by atoms with Gasteiger partial charge in [0.05, 0.1) is 12.8 Å². The molecule has 118 valence electrons. The van der Waals surface area contributed by atoms with Crippen LogP contribution in [0.25, 0.3) is 0 Å². The van der Waals surface area contributed by atoms with E-state index in [9.17, 15) is 4.79 Å². The van der Waals surface area contributed by atoms with Crippen molar-refractivity contribution in [1.29, 1.82) is 0 Å². The molecule has 21 heavy (non-hydrogen) atoms. The van der Waals surface area contributed by atoms with E-state index in [1.54, 1.807) is 13.2 Å². The standard InChI is InChI=1S/C16H26N2O3/c1-11(8-9-17)13-7-6-12(20-5)10-14(13)18-15(19)21-16(2,3)4/h6-7,10-11H,8-9,17H2,1-5H3,(H,18,19). The summed E-state index contributed by atoms with van der Waals surface area (Å²) in [5.41, 5.74) is 6.80. The molecular formula is C16H26N2O3. The van der Waals surface area contributed by atoms with Crippen LogP contribution >= 0.6 is 0 Å². The first-order valence-corrected chi connectivity index (χ1v) is 7.15. The number of nitrogens with one attached hydrogen (secondary N) is 1. The minimum absolute atomic E-state index is 0.242. The fraction of sp³-hybridized carbons (Fsp3) is 0.562. The SMILES string of the molecule is COc1ccc(C(C)CCN)c(NC(=O)OC(C)(C)C)c1. The molecule has 0 radical (unpaired) electrons.